The van der Waals surface area contributed by atoms with Gasteiger partial charge in [0.2, 0.25) is 0 Å². The zero-order chi connectivity index (χ0) is 17.1. The average Bonchev–Trinajstić information content (AvgIpc) is 2.52. The molecule has 2 aromatic carbocycles. The molecule has 8 heteroatoms. The van der Waals surface area contributed by atoms with Crippen molar-refractivity contribution in [2.24, 2.45) is 0 Å². The lowest BCUT2D eigenvalue weighted by molar-refractivity contribution is -0.385. The molecule has 0 radical (unpaired) electrons. The minimum Gasteiger partial charge on any atom is -0.468 e. The first-order valence-electron chi connectivity index (χ1n) is 6.31. The van der Waals surface area contributed by atoms with Gasteiger partial charge in [0, 0.05) is 11.1 Å². The number of carbonyl (C=O) groups excluding carboxylic acids is 1. The van der Waals surface area contributed by atoms with E-state index >= 15 is 0 Å². The Bertz CT molecular complexity index is 762. The number of methoxy groups -OCH3 is 1. The van der Waals surface area contributed by atoms with E-state index in [4.69, 9.17) is 39.5 Å². The van der Waals surface area contributed by atoms with Crippen LogP contribution in [-0.2, 0) is 9.53 Å². The fourth-order valence-electron chi connectivity index (χ4n) is 2.16. The van der Waals surface area contributed by atoms with E-state index in [2.05, 4.69) is 0 Å². The second kappa shape index (κ2) is 7.17. The molecule has 5 nitrogen and oxygen atoms in total. The molecule has 0 saturated carbocycles. The van der Waals surface area contributed by atoms with Crippen molar-refractivity contribution >= 4 is 46.5 Å². The zero-order valence-corrected chi connectivity index (χ0v) is 14.0. The van der Waals surface area contributed by atoms with E-state index in [1.807, 2.05) is 0 Å². The number of hydrogen-bond donors (Lipinski definition) is 0. The molecule has 2 aromatic rings. The predicted octanol–water partition coefficient (Wildman–Crippen LogP) is 4.86. The number of nitrogens with zero attached hydrogens (tertiary/aromatic N) is 1. The predicted molar refractivity (Wildman–Crippen MR) is 88.4 cm³/mol. The van der Waals surface area contributed by atoms with Gasteiger partial charge in [-0.05, 0) is 23.8 Å². The van der Waals surface area contributed by atoms with E-state index in [0.29, 0.717) is 10.6 Å². The van der Waals surface area contributed by atoms with E-state index in [1.165, 1.54) is 13.2 Å². The second-order valence-corrected chi connectivity index (χ2v) is 5.84. The number of rotatable bonds is 4. The molecule has 1 unspecified atom stereocenters. The summed E-state index contributed by atoms with van der Waals surface area (Å²) in [4.78, 5) is 22.9. The van der Waals surface area contributed by atoms with Crippen LogP contribution in [0, 0.1) is 10.1 Å². The molecular weight excluding hydrogens is 365 g/mol. The fourth-order valence-corrected chi connectivity index (χ4v) is 2.61. The van der Waals surface area contributed by atoms with Gasteiger partial charge in [-0.2, -0.15) is 0 Å². The van der Waals surface area contributed by atoms with E-state index < -0.39 is 16.8 Å². The van der Waals surface area contributed by atoms with Gasteiger partial charge in [-0.1, -0.05) is 46.9 Å². The molecule has 120 valence electrons. The van der Waals surface area contributed by atoms with Crippen molar-refractivity contribution in [3.8, 4) is 0 Å². The fraction of sp³-hybridized carbons (Fsp3) is 0.133. The molecule has 0 amide bonds. The summed E-state index contributed by atoms with van der Waals surface area (Å²) in [5.41, 5.74) is 0.270. The molecule has 2 rings (SSSR count). The monoisotopic (exact) mass is 373 g/mol. The van der Waals surface area contributed by atoms with Gasteiger partial charge in [0.25, 0.3) is 5.69 Å². The molecule has 0 aliphatic carbocycles. The number of benzene rings is 2. The van der Waals surface area contributed by atoms with Gasteiger partial charge in [-0.25, -0.2) is 0 Å². The van der Waals surface area contributed by atoms with Gasteiger partial charge in [-0.3, -0.25) is 14.9 Å². The molecule has 0 bridgehead atoms. The first kappa shape index (κ1) is 17.5. The quantitative estimate of drug-likeness (QED) is 0.435. The van der Waals surface area contributed by atoms with E-state index in [0.717, 1.165) is 6.07 Å². The van der Waals surface area contributed by atoms with Gasteiger partial charge in [0.05, 0.1) is 27.6 Å². The van der Waals surface area contributed by atoms with Crippen LogP contribution in [0.1, 0.15) is 17.0 Å². The molecule has 0 aliphatic rings. The number of nitro groups is 1. The molecular formula is C15H10Cl3NO4. The lowest BCUT2D eigenvalue weighted by Crippen LogP contribution is -2.17. The number of hydrogen-bond acceptors (Lipinski definition) is 4. The zero-order valence-electron chi connectivity index (χ0n) is 11.8. The third kappa shape index (κ3) is 3.75. The first-order valence-corrected chi connectivity index (χ1v) is 7.45. The summed E-state index contributed by atoms with van der Waals surface area (Å²) in [7, 11) is 1.20. The molecule has 0 N–H and O–H groups in total. The van der Waals surface area contributed by atoms with E-state index in [9.17, 15) is 14.9 Å². The van der Waals surface area contributed by atoms with Crippen LogP contribution < -0.4 is 0 Å². The van der Waals surface area contributed by atoms with Crippen LogP contribution in [0.3, 0.4) is 0 Å². The molecule has 1 atom stereocenters. The van der Waals surface area contributed by atoms with Crippen molar-refractivity contribution < 1.29 is 14.5 Å². The largest absolute Gasteiger partial charge is 0.468 e. The summed E-state index contributed by atoms with van der Waals surface area (Å²) in [6.45, 7) is 0. The standard InChI is InChI=1S/C15H10Cl3NO4/c1-23-15(20)14(8-2-4-9(16)5-3-8)10-6-11(17)12(18)7-13(10)19(21)22/h2-7,14H,1H3. The Morgan fingerprint density at radius 3 is 2.22 bits per heavy atom. The highest BCUT2D eigenvalue weighted by atomic mass is 35.5. The van der Waals surface area contributed by atoms with Gasteiger partial charge >= 0.3 is 5.97 Å². The van der Waals surface area contributed by atoms with Gasteiger partial charge in [0.15, 0.2) is 0 Å². The number of nitro benzene ring substituents is 1. The maximum atomic E-state index is 12.2. The van der Waals surface area contributed by atoms with E-state index in [-0.39, 0.29) is 21.3 Å². The summed E-state index contributed by atoms with van der Waals surface area (Å²) in [6.07, 6.45) is 0. The van der Waals surface area contributed by atoms with Crippen LogP contribution in [0.25, 0.3) is 0 Å². The van der Waals surface area contributed by atoms with Gasteiger partial charge in [0.1, 0.15) is 5.92 Å². The molecule has 0 spiro atoms. The maximum Gasteiger partial charge on any atom is 0.317 e. The molecule has 0 saturated heterocycles. The Labute approximate surface area is 146 Å². The van der Waals surface area contributed by atoms with Crippen LogP contribution in [-0.4, -0.2) is 18.0 Å². The molecule has 0 fully saturated rings. The highest BCUT2D eigenvalue weighted by Gasteiger charge is 2.31. The summed E-state index contributed by atoms with van der Waals surface area (Å²) in [5, 5.41) is 11.9. The summed E-state index contributed by atoms with van der Waals surface area (Å²) in [5.74, 6) is -1.68. The second-order valence-electron chi connectivity index (χ2n) is 4.59. The van der Waals surface area contributed by atoms with Crippen molar-refractivity contribution in [3.63, 3.8) is 0 Å². The summed E-state index contributed by atoms with van der Waals surface area (Å²) < 4.78 is 4.79. The van der Waals surface area contributed by atoms with Crippen molar-refractivity contribution in [1.82, 2.24) is 0 Å². The van der Waals surface area contributed by atoms with Crippen LogP contribution in [0.15, 0.2) is 36.4 Å². The lowest BCUT2D eigenvalue weighted by Gasteiger charge is -2.16. The third-order valence-corrected chi connectivity index (χ3v) is 4.19. The highest BCUT2D eigenvalue weighted by molar-refractivity contribution is 6.42. The Kier molecular flexibility index (Phi) is 5.46. The average molecular weight is 375 g/mol. The Balaban J connectivity index is 2.69. The van der Waals surface area contributed by atoms with Crippen molar-refractivity contribution in [3.05, 3.63) is 72.7 Å². The number of esters is 1. The van der Waals surface area contributed by atoms with Gasteiger partial charge < -0.3 is 4.74 Å². The molecule has 0 aliphatic heterocycles. The van der Waals surface area contributed by atoms with Crippen LogP contribution in [0.4, 0.5) is 5.69 Å². The Hall–Kier alpha value is -1.82. The summed E-state index contributed by atoms with van der Waals surface area (Å²) in [6, 6.07) is 8.77. The van der Waals surface area contributed by atoms with Crippen LogP contribution in [0.5, 0.6) is 0 Å². The SMILES string of the molecule is COC(=O)C(c1ccc(Cl)cc1)c1cc(Cl)c(Cl)cc1[N+](=O)[O-]. The highest BCUT2D eigenvalue weighted by Crippen LogP contribution is 2.38. The molecule has 0 aromatic heterocycles. The van der Waals surface area contributed by atoms with Crippen molar-refractivity contribution in [2.45, 2.75) is 5.92 Å². The minimum absolute atomic E-state index is 0.0295. The number of ether oxygens (including phenoxy) is 1. The topological polar surface area (TPSA) is 69.4 Å². The Morgan fingerprint density at radius 1 is 1.13 bits per heavy atom. The normalized spacial score (nSPS) is 11.8. The minimum atomic E-state index is -1.02. The number of carbonyl (C=O) groups is 1. The number of halogens is 3. The molecule has 0 heterocycles. The Morgan fingerprint density at radius 2 is 1.70 bits per heavy atom. The first-order chi connectivity index (χ1) is 10.8. The maximum absolute atomic E-state index is 12.2. The van der Waals surface area contributed by atoms with Crippen molar-refractivity contribution in [2.75, 3.05) is 7.11 Å². The van der Waals surface area contributed by atoms with Crippen LogP contribution >= 0.6 is 34.8 Å². The van der Waals surface area contributed by atoms with Gasteiger partial charge in [-0.15, -0.1) is 0 Å². The summed E-state index contributed by atoms with van der Waals surface area (Å²) >= 11 is 17.7. The smallest absolute Gasteiger partial charge is 0.317 e. The van der Waals surface area contributed by atoms with E-state index in [1.54, 1.807) is 24.3 Å². The molecule has 23 heavy (non-hydrogen) atoms. The van der Waals surface area contributed by atoms with Crippen molar-refractivity contribution in [1.29, 1.82) is 0 Å². The lowest BCUT2D eigenvalue weighted by atomic mass is 9.90. The third-order valence-electron chi connectivity index (χ3n) is 3.22. The van der Waals surface area contributed by atoms with Crippen LogP contribution in [0.2, 0.25) is 15.1 Å².